The van der Waals surface area contributed by atoms with Crippen LogP contribution in [0, 0.1) is 0 Å². The Hall–Kier alpha value is -1.43. The van der Waals surface area contributed by atoms with Crippen LogP contribution in [0.2, 0.25) is 0 Å². The van der Waals surface area contributed by atoms with Crippen LogP contribution in [0.25, 0.3) is 0 Å². The second kappa shape index (κ2) is 4.83. The first kappa shape index (κ1) is 12.0. The van der Waals surface area contributed by atoms with E-state index in [1.54, 1.807) is 4.68 Å². The van der Waals surface area contributed by atoms with Crippen molar-refractivity contribution in [3.05, 3.63) is 11.4 Å². The van der Waals surface area contributed by atoms with Crippen LogP contribution in [0.5, 0.6) is 0 Å². The third kappa shape index (κ3) is 2.17. The number of carboxylic acid groups (broad SMARTS) is 1. The first-order chi connectivity index (χ1) is 8.15. The second-order valence-corrected chi connectivity index (χ2v) is 4.41. The number of aliphatic hydroxyl groups excluding tert-OH is 1. The molecule has 0 aliphatic heterocycles. The Bertz CT molecular complexity index is 416. The summed E-state index contributed by atoms with van der Waals surface area (Å²) in [4.78, 5) is 11.0. The number of nitrogens with zero attached hydrogens (tertiary/aromatic N) is 3. The molecule has 1 fully saturated rings. The van der Waals surface area contributed by atoms with E-state index in [4.69, 9.17) is 5.11 Å². The van der Waals surface area contributed by atoms with E-state index >= 15 is 0 Å². The number of rotatable bonds is 3. The molecule has 0 bridgehead atoms. The smallest absolute Gasteiger partial charge is 0.358 e. The molecule has 1 saturated carbocycles. The molecular weight excluding hydrogens is 222 g/mol. The molecule has 1 aromatic heterocycles. The summed E-state index contributed by atoms with van der Waals surface area (Å²) in [5.41, 5.74) is 0.605. The van der Waals surface area contributed by atoms with Gasteiger partial charge < -0.3 is 10.2 Å². The zero-order valence-corrected chi connectivity index (χ0v) is 9.83. The summed E-state index contributed by atoms with van der Waals surface area (Å²) >= 11 is 0. The Morgan fingerprint density at radius 2 is 2.18 bits per heavy atom. The van der Waals surface area contributed by atoms with Gasteiger partial charge in [-0.25, -0.2) is 9.48 Å². The molecule has 0 amide bonds. The number of carbonyl (C=O) groups is 1. The Morgan fingerprint density at radius 1 is 1.47 bits per heavy atom. The van der Waals surface area contributed by atoms with Gasteiger partial charge in [-0.3, -0.25) is 0 Å². The van der Waals surface area contributed by atoms with Gasteiger partial charge >= 0.3 is 5.97 Å². The Labute approximate surface area is 99.3 Å². The lowest BCUT2D eigenvalue weighted by atomic mass is 9.92. The summed E-state index contributed by atoms with van der Waals surface area (Å²) in [6, 6.07) is -0.126. The third-order valence-corrected chi connectivity index (χ3v) is 3.34. The fourth-order valence-corrected chi connectivity index (χ4v) is 2.45. The van der Waals surface area contributed by atoms with Gasteiger partial charge in [0.1, 0.15) is 0 Å². The topological polar surface area (TPSA) is 88.2 Å². The number of hydrogen-bond acceptors (Lipinski definition) is 4. The zero-order chi connectivity index (χ0) is 12.4. The van der Waals surface area contributed by atoms with Crippen LogP contribution >= 0.6 is 0 Å². The predicted molar refractivity (Wildman–Crippen MR) is 59.9 cm³/mol. The van der Waals surface area contributed by atoms with Crippen LogP contribution in [0.4, 0.5) is 0 Å². The van der Waals surface area contributed by atoms with Crippen molar-refractivity contribution in [1.82, 2.24) is 15.0 Å². The highest BCUT2D eigenvalue weighted by Gasteiger charge is 2.29. The predicted octanol–water partition coefficient (Wildman–Crippen LogP) is 1.01. The number of aromatic carboxylic acids is 1. The lowest BCUT2D eigenvalue weighted by Gasteiger charge is -2.28. The average molecular weight is 239 g/mol. The Kier molecular flexibility index (Phi) is 3.42. The van der Waals surface area contributed by atoms with Crippen molar-refractivity contribution in [3.63, 3.8) is 0 Å². The van der Waals surface area contributed by atoms with Crippen molar-refractivity contribution in [2.24, 2.45) is 0 Å². The molecule has 0 radical (unpaired) electrons. The van der Waals surface area contributed by atoms with E-state index in [-0.39, 0.29) is 11.7 Å². The second-order valence-electron chi connectivity index (χ2n) is 4.41. The van der Waals surface area contributed by atoms with Gasteiger partial charge in [0.25, 0.3) is 0 Å². The fraction of sp³-hybridized carbons (Fsp3) is 0.727. The number of carboxylic acids is 1. The fourth-order valence-electron chi connectivity index (χ4n) is 2.45. The van der Waals surface area contributed by atoms with Gasteiger partial charge in [0.05, 0.1) is 17.8 Å². The van der Waals surface area contributed by atoms with Crippen molar-refractivity contribution in [1.29, 1.82) is 0 Å². The van der Waals surface area contributed by atoms with Crippen molar-refractivity contribution >= 4 is 5.97 Å². The van der Waals surface area contributed by atoms with E-state index in [9.17, 15) is 9.90 Å². The van der Waals surface area contributed by atoms with E-state index in [1.807, 2.05) is 6.92 Å². The molecule has 1 aromatic rings. The minimum absolute atomic E-state index is 0.00488. The SMILES string of the molecule is CCc1c(C(=O)O)nnn1C1CCCCC1O. The van der Waals surface area contributed by atoms with Gasteiger partial charge in [0, 0.05) is 0 Å². The zero-order valence-electron chi connectivity index (χ0n) is 9.83. The van der Waals surface area contributed by atoms with Crippen LogP contribution < -0.4 is 0 Å². The van der Waals surface area contributed by atoms with E-state index in [0.717, 1.165) is 25.7 Å². The molecule has 2 N–H and O–H groups in total. The van der Waals surface area contributed by atoms with Crippen LogP contribution in [0.15, 0.2) is 0 Å². The first-order valence-electron chi connectivity index (χ1n) is 6.00. The van der Waals surface area contributed by atoms with Crippen molar-refractivity contribution in [2.45, 2.75) is 51.2 Å². The van der Waals surface area contributed by atoms with Crippen LogP contribution in [-0.4, -0.2) is 37.3 Å². The molecule has 0 saturated heterocycles. The van der Waals surface area contributed by atoms with Crippen molar-refractivity contribution in [3.8, 4) is 0 Å². The molecule has 1 aliphatic rings. The van der Waals surface area contributed by atoms with E-state index in [1.165, 1.54) is 0 Å². The van der Waals surface area contributed by atoms with Gasteiger partial charge in [-0.1, -0.05) is 25.0 Å². The molecule has 94 valence electrons. The van der Waals surface area contributed by atoms with Gasteiger partial charge in [-0.15, -0.1) is 5.10 Å². The minimum atomic E-state index is -1.06. The number of hydrogen-bond donors (Lipinski definition) is 2. The molecular formula is C11H17N3O3. The maximum absolute atomic E-state index is 11.0. The molecule has 0 spiro atoms. The minimum Gasteiger partial charge on any atom is -0.476 e. The van der Waals surface area contributed by atoms with Gasteiger partial charge in [-0.05, 0) is 19.3 Å². The molecule has 6 nitrogen and oxygen atoms in total. The third-order valence-electron chi connectivity index (χ3n) is 3.34. The molecule has 0 aromatic carbocycles. The highest BCUT2D eigenvalue weighted by molar-refractivity contribution is 5.86. The van der Waals surface area contributed by atoms with Crippen LogP contribution in [0.1, 0.15) is 54.8 Å². The van der Waals surface area contributed by atoms with Crippen molar-refractivity contribution < 1.29 is 15.0 Å². The summed E-state index contributed by atoms with van der Waals surface area (Å²) in [5.74, 6) is -1.06. The number of aliphatic hydroxyl groups is 1. The largest absolute Gasteiger partial charge is 0.476 e. The molecule has 17 heavy (non-hydrogen) atoms. The van der Waals surface area contributed by atoms with E-state index < -0.39 is 12.1 Å². The van der Waals surface area contributed by atoms with Crippen molar-refractivity contribution in [2.75, 3.05) is 0 Å². The Balaban J connectivity index is 2.34. The molecule has 2 rings (SSSR count). The number of aromatic nitrogens is 3. The monoisotopic (exact) mass is 239 g/mol. The molecule has 1 heterocycles. The molecule has 6 heteroatoms. The van der Waals surface area contributed by atoms with Gasteiger partial charge in [0.2, 0.25) is 0 Å². The van der Waals surface area contributed by atoms with Crippen LogP contribution in [0.3, 0.4) is 0 Å². The van der Waals surface area contributed by atoms with E-state index in [2.05, 4.69) is 10.3 Å². The summed E-state index contributed by atoms with van der Waals surface area (Å²) in [6.45, 7) is 1.87. The van der Waals surface area contributed by atoms with Crippen LogP contribution in [-0.2, 0) is 6.42 Å². The maximum Gasteiger partial charge on any atom is 0.358 e. The standard InChI is InChI=1S/C11H17N3O3/c1-2-7-10(11(16)17)12-13-14(7)8-5-3-4-6-9(8)15/h8-9,15H,2-6H2,1H3,(H,16,17). The molecule has 2 atom stereocenters. The summed E-state index contributed by atoms with van der Waals surface area (Å²) < 4.78 is 1.60. The first-order valence-corrected chi connectivity index (χ1v) is 6.00. The van der Waals surface area contributed by atoms with E-state index in [0.29, 0.717) is 12.1 Å². The normalized spacial score (nSPS) is 24.8. The highest BCUT2D eigenvalue weighted by Crippen LogP contribution is 2.29. The summed E-state index contributed by atoms with van der Waals surface area (Å²) in [6.07, 6.45) is 3.73. The quantitative estimate of drug-likeness (QED) is 0.822. The highest BCUT2D eigenvalue weighted by atomic mass is 16.4. The Morgan fingerprint density at radius 3 is 2.76 bits per heavy atom. The molecule has 2 unspecified atom stereocenters. The lowest BCUT2D eigenvalue weighted by molar-refractivity contribution is 0.0659. The maximum atomic E-state index is 11.0. The lowest BCUT2D eigenvalue weighted by Crippen LogP contribution is -2.29. The van der Waals surface area contributed by atoms with Gasteiger partial charge in [-0.2, -0.15) is 0 Å². The van der Waals surface area contributed by atoms with Gasteiger partial charge in [0.15, 0.2) is 5.69 Å². The summed E-state index contributed by atoms with van der Waals surface area (Å²) in [5, 5.41) is 26.6. The summed E-state index contributed by atoms with van der Waals surface area (Å²) in [7, 11) is 0. The molecule has 1 aliphatic carbocycles. The average Bonchev–Trinajstić information content (AvgIpc) is 2.73.